The summed E-state index contributed by atoms with van der Waals surface area (Å²) in [6.07, 6.45) is 14.7. The number of carboxylic acid groups (broad SMARTS) is 1. The van der Waals surface area contributed by atoms with Gasteiger partial charge in [-0.15, -0.1) is 0 Å². The fourth-order valence-electron chi connectivity index (χ4n) is 2.99. The molecular formula is C20H27NO4. The molecular weight excluding hydrogens is 318 g/mol. The van der Waals surface area contributed by atoms with Crippen molar-refractivity contribution in [3.63, 3.8) is 0 Å². The summed E-state index contributed by atoms with van der Waals surface area (Å²) >= 11 is 0. The second-order valence-corrected chi connectivity index (χ2v) is 6.32. The number of allylic oxidation sites excluding steroid dienone is 3. The Kier molecular flexibility index (Phi) is 7.51. The smallest absolute Gasteiger partial charge is 0.371 e. The van der Waals surface area contributed by atoms with Gasteiger partial charge in [0.05, 0.1) is 6.04 Å². The molecule has 1 aromatic heterocycles. The van der Waals surface area contributed by atoms with Gasteiger partial charge in [-0.1, -0.05) is 44.1 Å². The molecule has 0 radical (unpaired) electrons. The average Bonchev–Trinajstić information content (AvgIpc) is 3.19. The van der Waals surface area contributed by atoms with Gasteiger partial charge in [-0.25, -0.2) is 4.79 Å². The molecule has 2 heterocycles. The lowest BCUT2D eigenvalue weighted by molar-refractivity contribution is -0.128. The van der Waals surface area contributed by atoms with Crippen LogP contribution in [0.4, 0.5) is 0 Å². The van der Waals surface area contributed by atoms with Gasteiger partial charge in [0.2, 0.25) is 11.7 Å². The maximum Gasteiger partial charge on any atom is 0.371 e. The summed E-state index contributed by atoms with van der Waals surface area (Å²) in [5.74, 6) is -0.258. The largest absolute Gasteiger partial charge is 0.475 e. The number of amides is 1. The van der Waals surface area contributed by atoms with Crippen molar-refractivity contribution in [1.82, 2.24) is 4.90 Å². The summed E-state index contributed by atoms with van der Waals surface area (Å²) in [4.78, 5) is 24.8. The number of carbonyl (C=O) groups excluding carboxylic acids is 1. The summed E-state index contributed by atoms with van der Waals surface area (Å²) < 4.78 is 5.25. The molecule has 0 aliphatic carbocycles. The van der Waals surface area contributed by atoms with E-state index in [9.17, 15) is 9.59 Å². The van der Waals surface area contributed by atoms with E-state index in [-0.39, 0.29) is 17.7 Å². The summed E-state index contributed by atoms with van der Waals surface area (Å²) in [6, 6.07) is 3.32. The number of carbonyl (C=O) groups is 2. The van der Waals surface area contributed by atoms with Crippen LogP contribution in [0.2, 0.25) is 0 Å². The lowest BCUT2D eigenvalue weighted by Gasteiger charge is -2.22. The molecule has 1 aliphatic heterocycles. The Labute approximate surface area is 149 Å². The van der Waals surface area contributed by atoms with Gasteiger partial charge in [0.25, 0.3) is 0 Å². The molecule has 0 bridgehead atoms. The zero-order valence-electron chi connectivity index (χ0n) is 14.8. The fraction of sp³-hybridized carbons (Fsp3) is 0.500. The molecule has 25 heavy (non-hydrogen) atoms. The number of hydrogen-bond acceptors (Lipinski definition) is 3. The van der Waals surface area contributed by atoms with Crippen molar-refractivity contribution in [3.8, 4) is 0 Å². The van der Waals surface area contributed by atoms with E-state index in [1.54, 1.807) is 6.07 Å². The molecule has 1 saturated heterocycles. The van der Waals surface area contributed by atoms with Crippen LogP contribution >= 0.6 is 0 Å². The lowest BCUT2D eigenvalue weighted by atomic mass is 10.2. The van der Waals surface area contributed by atoms with Crippen LogP contribution in [-0.2, 0) is 11.2 Å². The van der Waals surface area contributed by atoms with Gasteiger partial charge in [0.15, 0.2) is 0 Å². The molecule has 1 aliphatic rings. The topological polar surface area (TPSA) is 70.8 Å². The van der Waals surface area contributed by atoms with Crippen molar-refractivity contribution < 1.29 is 19.1 Å². The number of likely N-dealkylation sites (tertiary alicyclic amines) is 1. The SMILES string of the molecule is CCCCC=CC=C[C@H]1CCC(=O)N1CCCc1ccc(C(=O)O)o1. The van der Waals surface area contributed by atoms with Crippen molar-refractivity contribution in [2.45, 2.75) is 57.9 Å². The van der Waals surface area contributed by atoms with Gasteiger partial charge in [0.1, 0.15) is 5.76 Å². The molecule has 1 aromatic rings. The minimum absolute atomic E-state index is 0.0390. The van der Waals surface area contributed by atoms with E-state index >= 15 is 0 Å². The highest BCUT2D eigenvalue weighted by Gasteiger charge is 2.28. The highest BCUT2D eigenvalue weighted by Crippen LogP contribution is 2.21. The molecule has 1 N–H and O–H groups in total. The van der Waals surface area contributed by atoms with Crippen molar-refractivity contribution in [2.75, 3.05) is 6.54 Å². The first-order valence-corrected chi connectivity index (χ1v) is 9.06. The van der Waals surface area contributed by atoms with Crippen molar-refractivity contribution in [2.24, 2.45) is 0 Å². The summed E-state index contributed by atoms with van der Waals surface area (Å²) in [5, 5.41) is 8.86. The van der Waals surface area contributed by atoms with Crippen LogP contribution in [0.15, 0.2) is 40.9 Å². The number of aryl methyl sites for hydroxylation is 1. The van der Waals surface area contributed by atoms with Gasteiger partial charge < -0.3 is 14.4 Å². The number of furan rings is 1. The first-order chi connectivity index (χ1) is 12.1. The standard InChI is InChI=1S/C20H27NO4/c1-2-3-4-5-6-7-9-16-11-14-19(22)21(16)15-8-10-17-12-13-18(25-17)20(23)24/h5-7,9,12-13,16H,2-4,8,10-11,14-15H2,1H3,(H,23,24)/t16-/m0/s1. The molecule has 0 aromatic carbocycles. The van der Waals surface area contributed by atoms with E-state index in [1.807, 2.05) is 11.0 Å². The molecule has 0 unspecified atom stereocenters. The molecule has 1 fully saturated rings. The predicted molar refractivity (Wildman–Crippen MR) is 96.5 cm³/mol. The van der Waals surface area contributed by atoms with E-state index in [1.165, 1.54) is 18.9 Å². The van der Waals surface area contributed by atoms with E-state index < -0.39 is 5.97 Å². The number of carboxylic acids is 1. The molecule has 1 atom stereocenters. The normalized spacial score (nSPS) is 18.0. The molecule has 0 saturated carbocycles. The first kappa shape index (κ1) is 19.0. The van der Waals surface area contributed by atoms with Crippen LogP contribution in [0.5, 0.6) is 0 Å². The van der Waals surface area contributed by atoms with Crippen LogP contribution in [0, 0.1) is 0 Å². The maximum absolute atomic E-state index is 12.1. The maximum atomic E-state index is 12.1. The summed E-state index contributed by atoms with van der Waals surface area (Å²) in [5.41, 5.74) is 0. The van der Waals surface area contributed by atoms with Gasteiger partial charge in [0, 0.05) is 19.4 Å². The zero-order valence-corrected chi connectivity index (χ0v) is 14.8. The molecule has 1 amide bonds. The van der Waals surface area contributed by atoms with Crippen LogP contribution in [0.1, 0.15) is 61.8 Å². The van der Waals surface area contributed by atoms with Crippen LogP contribution in [0.25, 0.3) is 0 Å². The zero-order chi connectivity index (χ0) is 18.1. The Bertz CT molecular complexity index is 629. The van der Waals surface area contributed by atoms with Crippen molar-refractivity contribution in [3.05, 3.63) is 48.0 Å². The average molecular weight is 345 g/mol. The monoisotopic (exact) mass is 345 g/mol. The molecule has 5 heteroatoms. The first-order valence-electron chi connectivity index (χ1n) is 9.06. The Morgan fingerprint density at radius 3 is 2.92 bits per heavy atom. The van der Waals surface area contributed by atoms with Gasteiger partial charge in [-0.05, 0) is 31.4 Å². The predicted octanol–water partition coefficient (Wildman–Crippen LogP) is 4.20. The van der Waals surface area contributed by atoms with E-state index in [4.69, 9.17) is 9.52 Å². The minimum Gasteiger partial charge on any atom is -0.475 e. The lowest BCUT2D eigenvalue weighted by Crippen LogP contribution is -2.32. The number of hydrogen-bond donors (Lipinski definition) is 1. The third kappa shape index (κ3) is 5.93. The number of nitrogens with zero attached hydrogens (tertiary/aromatic N) is 1. The second kappa shape index (κ2) is 9.87. The fourth-order valence-corrected chi connectivity index (χ4v) is 2.99. The third-order valence-corrected chi connectivity index (χ3v) is 4.37. The minimum atomic E-state index is -1.06. The highest BCUT2D eigenvalue weighted by molar-refractivity contribution is 5.84. The van der Waals surface area contributed by atoms with Crippen molar-refractivity contribution in [1.29, 1.82) is 0 Å². The Morgan fingerprint density at radius 2 is 2.20 bits per heavy atom. The van der Waals surface area contributed by atoms with Crippen molar-refractivity contribution >= 4 is 11.9 Å². The summed E-state index contributed by atoms with van der Waals surface area (Å²) in [7, 11) is 0. The number of aromatic carboxylic acids is 1. The number of rotatable bonds is 10. The summed E-state index contributed by atoms with van der Waals surface area (Å²) in [6.45, 7) is 2.84. The van der Waals surface area contributed by atoms with E-state index in [0.717, 1.165) is 19.3 Å². The number of unbranched alkanes of at least 4 members (excludes halogenated alkanes) is 2. The molecule has 0 spiro atoms. The second-order valence-electron chi connectivity index (χ2n) is 6.32. The Morgan fingerprint density at radius 1 is 1.36 bits per heavy atom. The van der Waals surface area contributed by atoms with Crippen LogP contribution in [0.3, 0.4) is 0 Å². The molecule has 5 nitrogen and oxygen atoms in total. The molecule has 136 valence electrons. The van der Waals surface area contributed by atoms with E-state index in [0.29, 0.717) is 25.1 Å². The third-order valence-electron chi connectivity index (χ3n) is 4.37. The van der Waals surface area contributed by atoms with Gasteiger partial charge in [-0.2, -0.15) is 0 Å². The Hall–Kier alpha value is -2.30. The quantitative estimate of drug-likeness (QED) is 0.509. The van der Waals surface area contributed by atoms with E-state index in [2.05, 4.69) is 25.2 Å². The van der Waals surface area contributed by atoms with Gasteiger partial charge in [-0.3, -0.25) is 4.79 Å². The van der Waals surface area contributed by atoms with Gasteiger partial charge >= 0.3 is 5.97 Å². The van der Waals surface area contributed by atoms with Crippen LogP contribution in [-0.4, -0.2) is 34.5 Å². The highest BCUT2D eigenvalue weighted by atomic mass is 16.4. The Balaban J connectivity index is 1.79. The molecule has 2 rings (SSSR count). The van der Waals surface area contributed by atoms with Crippen LogP contribution < -0.4 is 0 Å².